The van der Waals surface area contributed by atoms with E-state index in [0.29, 0.717) is 19.0 Å². The summed E-state index contributed by atoms with van der Waals surface area (Å²) in [6.45, 7) is 1.20. The fourth-order valence-corrected chi connectivity index (χ4v) is 2.30. The highest BCUT2D eigenvalue weighted by molar-refractivity contribution is 5.72. The van der Waals surface area contributed by atoms with Crippen LogP contribution in [0.3, 0.4) is 0 Å². The molecule has 21 heavy (non-hydrogen) atoms. The van der Waals surface area contributed by atoms with E-state index in [1.54, 1.807) is 12.1 Å². The summed E-state index contributed by atoms with van der Waals surface area (Å²) in [7, 11) is 1.38. The van der Waals surface area contributed by atoms with Crippen LogP contribution in [0.1, 0.15) is 18.2 Å². The van der Waals surface area contributed by atoms with Crippen LogP contribution in [0.4, 0.5) is 5.69 Å². The number of hydrogen-bond donors (Lipinski definition) is 0. The van der Waals surface area contributed by atoms with Crippen molar-refractivity contribution in [2.24, 2.45) is 0 Å². The standard InChI is InChI=1S/C13H13N3O5/c1-19-10-4-2-3-9(11(10)16(17)18)13-14-12(15-21-13)8-5-6-20-7-8/h2-4,8H,5-7H2,1H3/t8-/m0/s1. The van der Waals surface area contributed by atoms with Crippen LogP contribution in [0.15, 0.2) is 22.7 Å². The second-order valence-corrected chi connectivity index (χ2v) is 4.63. The first-order valence-corrected chi connectivity index (χ1v) is 6.44. The van der Waals surface area contributed by atoms with Gasteiger partial charge in [-0.05, 0) is 18.6 Å². The molecule has 1 aliphatic rings. The van der Waals surface area contributed by atoms with Crippen molar-refractivity contribution in [3.63, 3.8) is 0 Å². The molecule has 1 saturated heterocycles. The second-order valence-electron chi connectivity index (χ2n) is 4.63. The Labute approximate surface area is 119 Å². The normalized spacial score (nSPS) is 17.9. The molecule has 2 heterocycles. The van der Waals surface area contributed by atoms with Gasteiger partial charge in [-0.3, -0.25) is 10.1 Å². The van der Waals surface area contributed by atoms with Crippen LogP contribution in [0.25, 0.3) is 11.5 Å². The number of nitro benzene ring substituents is 1. The smallest absolute Gasteiger partial charge is 0.323 e. The van der Waals surface area contributed by atoms with Gasteiger partial charge in [-0.25, -0.2) is 0 Å². The van der Waals surface area contributed by atoms with Gasteiger partial charge in [-0.2, -0.15) is 4.98 Å². The van der Waals surface area contributed by atoms with E-state index in [1.165, 1.54) is 13.2 Å². The summed E-state index contributed by atoms with van der Waals surface area (Å²) >= 11 is 0. The van der Waals surface area contributed by atoms with Gasteiger partial charge in [-0.1, -0.05) is 11.2 Å². The average Bonchev–Trinajstić information content (AvgIpc) is 3.16. The van der Waals surface area contributed by atoms with Crippen LogP contribution >= 0.6 is 0 Å². The number of hydrogen-bond acceptors (Lipinski definition) is 7. The summed E-state index contributed by atoms with van der Waals surface area (Å²) in [5.74, 6) is 0.857. The predicted octanol–water partition coefficient (Wildman–Crippen LogP) is 2.16. The lowest BCUT2D eigenvalue weighted by atomic mass is 10.1. The number of nitrogens with zero attached hydrogens (tertiary/aromatic N) is 3. The van der Waals surface area contributed by atoms with Gasteiger partial charge in [0.1, 0.15) is 5.56 Å². The minimum Gasteiger partial charge on any atom is -0.490 e. The number of aromatic nitrogens is 2. The molecule has 1 aliphatic heterocycles. The highest BCUT2D eigenvalue weighted by atomic mass is 16.6. The molecule has 3 rings (SSSR count). The molecule has 0 radical (unpaired) electrons. The molecule has 0 aliphatic carbocycles. The molecule has 0 unspecified atom stereocenters. The van der Waals surface area contributed by atoms with Gasteiger partial charge in [0.2, 0.25) is 0 Å². The zero-order valence-electron chi connectivity index (χ0n) is 11.3. The molecule has 1 fully saturated rings. The Balaban J connectivity index is 2.02. The fraction of sp³-hybridized carbons (Fsp3) is 0.385. The minimum absolute atomic E-state index is 0.0761. The number of benzene rings is 1. The molecule has 1 aromatic carbocycles. The summed E-state index contributed by atoms with van der Waals surface area (Å²) in [5.41, 5.74) is 0.0647. The second kappa shape index (κ2) is 5.49. The van der Waals surface area contributed by atoms with Gasteiger partial charge >= 0.3 is 5.69 Å². The van der Waals surface area contributed by atoms with Crippen LogP contribution in [0.2, 0.25) is 0 Å². The Kier molecular flexibility index (Phi) is 3.53. The van der Waals surface area contributed by atoms with Gasteiger partial charge in [0.25, 0.3) is 5.89 Å². The van der Waals surface area contributed by atoms with E-state index in [0.717, 1.165) is 6.42 Å². The summed E-state index contributed by atoms with van der Waals surface area (Å²) in [6.07, 6.45) is 0.819. The van der Waals surface area contributed by atoms with E-state index in [-0.39, 0.29) is 28.8 Å². The van der Waals surface area contributed by atoms with Crippen LogP contribution in [0.5, 0.6) is 5.75 Å². The molecule has 110 valence electrons. The Bertz CT molecular complexity index is 664. The molecule has 0 amide bonds. The quantitative estimate of drug-likeness (QED) is 0.628. The molecule has 8 nitrogen and oxygen atoms in total. The van der Waals surface area contributed by atoms with Gasteiger partial charge in [0.15, 0.2) is 11.6 Å². The van der Waals surface area contributed by atoms with E-state index in [2.05, 4.69) is 10.1 Å². The Morgan fingerprint density at radius 2 is 2.33 bits per heavy atom. The summed E-state index contributed by atoms with van der Waals surface area (Å²) in [5, 5.41) is 15.2. The first kappa shape index (κ1) is 13.5. The Morgan fingerprint density at radius 1 is 1.48 bits per heavy atom. The Hall–Kier alpha value is -2.48. The van der Waals surface area contributed by atoms with E-state index in [4.69, 9.17) is 14.0 Å². The zero-order chi connectivity index (χ0) is 14.8. The lowest BCUT2D eigenvalue weighted by Crippen LogP contribution is -2.00. The molecule has 0 saturated carbocycles. The molecule has 0 spiro atoms. The highest BCUT2D eigenvalue weighted by Crippen LogP contribution is 2.37. The average molecular weight is 291 g/mol. The summed E-state index contributed by atoms with van der Waals surface area (Å²) < 4.78 is 15.5. The number of para-hydroxylation sites is 1. The maximum Gasteiger partial charge on any atom is 0.323 e. The van der Waals surface area contributed by atoms with Crippen LogP contribution in [-0.2, 0) is 4.74 Å². The van der Waals surface area contributed by atoms with Crippen molar-refractivity contribution in [1.29, 1.82) is 0 Å². The molecule has 8 heteroatoms. The lowest BCUT2D eigenvalue weighted by molar-refractivity contribution is -0.385. The molecule has 2 aromatic rings. The van der Waals surface area contributed by atoms with Crippen LogP contribution in [-0.4, -0.2) is 35.4 Å². The highest BCUT2D eigenvalue weighted by Gasteiger charge is 2.28. The van der Waals surface area contributed by atoms with Crippen LogP contribution < -0.4 is 4.74 Å². The molecule has 0 bridgehead atoms. The third-order valence-corrected chi connectivity index (χ3v) is 3.37. The molecule has 1 aromatic heterocycles. The maximum absolute atomic E-state index is 11.3. The molecule has 1 atom stereocenters. The van der Waals surface area contributed by atoms with Crippen molar-refractivity contribution in [2.75, 3.05) is 20.3 Å². The Morgan fingerprint density at radius 3 is 3.00 bits per heavy atom. The van der Waals surface area contributed by atoms with Crippen molar-refractivity contribution < 1.29 is 18.9 Å². The molecule has 0 N–H and O–H groups in total. The van der Waals surface area contributed by atoms with Gasteiger partial charge in [-0.15, -0.1) is 0 Å². The van der Waals surface area contributed by atoms with Crippen molar-refractivity contribution in [3.8, 4) is 17.2 Å². The third kappa shape index (κ3) is 2.45. The largest absolute Gasteiger partial charge is 0.490 e. The first-order chi connectivity index (χ1) is 10.2. The van der Waals surface area contributed by atoms with Gasteiger partial charge in [0, 0.05) is 12.5 Å². The van der Waals surface area contributed by atoms with E-state index >= 15 is 0 Å². The fourth-order valence-electron chi connectivity index (χ4n) is 2.30. The topological polar surface area (TPSA) is 101 Å². The van der Waals surface area contributed by atoms with Gasteiger partial charge < -0.3 is 14.0 Å². The zero-order valence-corrected chi connectivity index (χ0v) is 11.3. The van der Waals surface area contributed by atoms with Crippen molar-refractivity contribution in [1.82, 2.24) is 10.1 Å². The van der Waals surface area contributed by atoms with E-state index in [1.807, 2.05) is 0 Å². The van der Waals surface area contributed by atoms with Crippen LogP contribution in [0, 0.1) is 10.1 Å². The lowest BCUT2D eigenvalue weighted by Gasteiger charge is -2.03. The molecular weight excluding hydrogens is 278 g/mol. The maximum atomic E-state index is 11.3. The van der Waals surface area contributed by atoms with Crippen molar-refractivity contribution in [2.45, 2.75) is 12.3 Å². The number of methoxy groups -OCH3 is 1. The first-order valence-electron chi connectivity index (χ1n) is 6.44. The van der Waals surface area contributed by atoms with Gasteiger partial charge in [0.05, 0.1) is 18.6 Å². The SMILES string of the molecule is COc1cccc(-c2nc([C@H]3CCOC3)no2)c1[N+](=O)[O-]. The summed E-state index contributed by atoms with van der Waals surface area (Å²) in [6, 6.07) is 4.72. The number of rotatable bonds is 4. The minimum atomic E-state index is -0.517. The number of ether oxygens (including phenoxy) is 2. The predicted molar refractivity (Wildman–Crippen MR) is 71.1 cm³/mol. The summed E-state index contributed by atoms with van der Waals surface area (Å²) in [4.78, 5) is 15.0. The third-order valence-electron chi connectivity index (χ3n) is 3.37. The van der Waals surface area contributed by atoms with E-state index in [9.17, 15) is 10.1 Å². The molecular formula is C13H13N3O5. The number of nitro groups is 1. The van der Waals surface area contributed by atoms with Crippen molar-refractivity contribution >= 4 is 5.69 Å². The monoisotopic (exact) mass is 291 g/mol. The van der Waals surface area contributed by atoms with E-state index < -0.39 is 4.92 Å². The van der Waals surface area contributed by atoms with Crippen molar-refractivity contribution in [3.05, 3.63) is 34.1 Å².